The average Bonchev–Trinajstić information content (AvgIpc) is 2.30. The lowest BCUT2D eigenvalue weighted by atomic mass is 9.91. The molecular weight excluding hydrogens is 203 g/mol. The Morgan fingerprint density at radius 2 is 2.38 bits per heavy atom. The molecule has 1 aliphatic heterocycles. The first-order valence-corrected chi connectivity index (χ1v) is 5.67. The van der Waals surface area contributed by atoms with Crippen molar-refractivity contribution in [2.45, 2.75) is 19.8 Å². The Balaban J connectivity index is 2.34. The van der Waals surface area contributed by atoms with Gasteiger partial charge in [-0.3, -0.25) is 0 Å². The maximum Gasteiger partial charge on any atom is 0.0873 e. The van der Waals surface area contributed by atoms with Crippen LogP contribution in [0.25, 0.3) is 6.08 Å². The smallest absolute Gasteiger partial charge is 0.0873 e. The molecule has 86 valence electrons. The zero-order chi connectivity index (χ0) is 11.5. The van der Waals surface area contributed by atoms with Gasteiger partial charge in [0.1, 0.15) is 0 Å². The molecular formula is C13H17FN2. The van der Waals surface area contributed by atoms with Gasteiger partial charge in [0.25, 0.3) is 0 Å². The molecule has 0 radical (unpaired) electrons. The van der Waals surface area contributed by atoms with Crippen molar-refractivity contribution in [3.05, 3.63) is 29.6 Å². The van der Waals surface area contributed by atoms with Crippen LogP contribution in [0.4, 0.5) is 15.8 Å². The molecule has 0 aromatic heterocycles. The first-order valence-electron chi connectivity index (χ1n) is 5.67. The zero-order valence-corrected chi connectivity index (χ0v) is 9.46. The Bertz CT molecular complexity index is 413. The van der Waals surface area contributed by atoms with Gasteiger partial charge in [0.05, 0.1) is 6.33 Å². The van der Waals surface area contributed by atoms with Gasteiger partial charge in [0.15, 0.2) is 0 Å². The SMILES string of the molecule is CCC1CNc2cc(/C=C/F)c(N)cc2C1. The molecule has 0 fully saturated rings. The standard InChI is InChI=1S/C13H17FN2/c1-2-9-5-11-6-12(15)10(3-4-14)7-13(11)16-8-9/h3-4,6-7,9,16H,2,5,8,15H2,1H3/b4-3+. The van der Waals surface area contributed by atoms with Crippen LogP contribution >= 0.6 is 0 Å². The van der Waals surface area contributed by atoms with Crippen LogP contribution in [0, 0.1) is 5.92 Å². The van der Waals surface area contributed by atoms with E-state index in [9.17, 15) is 4.39 Å². The lowest BCUT2D eigenvalue weighted by molar-refractivity contribution is 0.521. The molecule has 16 heavy (non-hydrogen) atoms. The number of nitrogens with one attached hydrogen (secondary N) is 1. The number of nitrogens with two attached hydrogens (primary N) is 1. The fraction of sp³-hybridized carbons (Fsp3) is 0.385. The number of fused-ring (bicyclic) bond motifs is 1. The molecule has 0 amide bonds. The lowest BCUT2D eigenvalue weighted by Gasteiger charge is -2.26. The van der Waals surface area contributed by atoms with Crippen LogP contribution in [0.2, 0.25) is 0 Å². The first kappa shape index (κ1) is 11.0. The lowest BCUT2D eigenvalue weighted by Crippen LogP contribution is -2.22. The largest absolute Gasteiger partial charge is 0.398 e. The van der Waals surface area contributed by atoms with Crippen molar-refractivity contribution in [3.63, 3.8) is 0 Å². The van der Waals surface area contributed by atoms with Crippen LogP contribution in [0.15, 0.2) is 18.5 Å². The number of hydrogen-bond acceptors (Lipinski definition) is 2. The molecule has 3 heteroatoms. The molecule has 0 saturated carbocycles. The summed E-state index contributed by atoms with van der Waals surface area (Å²) in [5.74, 6) is 0.675. The highest BCUT2D eigenvalue weighted by atomic mass is 19.1. The van der Waals surface area contributed by atoms with Crippen molar-refractivity contribution < 1.29 is 4.39 Å². The summed E-state index contributed by atoms with van der Waals surface area (Å²) in [5, 5.41) is 3.38. The number of benzene rings is 1. The molecule has 1 atom stereocenters. The van der Waals surface area contributed by atoms with Crippen molar-refractivity contribution in [2.75, 3.05) is 17.6 Å². The normalized spacial score (nSPS) is 19.5. The van der Waals surface area contributed by atoms with Gasteiger partial charge >= 0.3 is 0 Å². The molecule has 2 rings (SSSR count). The molecule has 0 aliphatic carbocycles. The van der Waals surface area contributed by atoms with E-state index in [0.717, 1.165) is 24.2 Å². The summed E-state index contributed by atoms with van der Waals surface area (Å²) in [5.41, 5.74) is 9.59. The van der Waals surface area contributed by atoms with Crippen molar-refractivity contribution in [2.24, 2.45) is 5.92 Å². The third-order valence-corrected chi connectivity index (χ3v) is 3.22. The van der Waals surface area contributed by atoms with E-state index >= 15 is 0 Å². The zero-order valence-electron chi connectivity index (χ0n) is 9.46. The topological polar surface area (TPSA) is 38.0 Å². The number of hydrogen-bond donors (Lipinski definition) is 2. The summed E-state index contributed by atoms with van der Waals surface area (Å²) < 4.78 is 12.2. The maximum absolute atomic E-state index is 12.2. The second kappa shape index (κ2) is 4.56. The van der Waals surface area contributed by atoms with E-state index in [2.05, 4.69) is 12.2 Å². The van der Waals surface area contributed by atoms with Crippen LogP contribution in [0.3, 0.4) is 0 Å². The Morgan fingerprint density at radius 3 is 3.06 bits per heavy atom. The summed E-state index contributed by atoms with van der Waals surface area (Å²) in [4.78, 5) is 0. The molecule has 0 saturated heterocycles. The highest BCUT2D eigenvalue weighted by Crippen LogP contribution is 2.30. The Hall–Kier alpha value is -1.51. The van der Waals surface area contributed by atoms with Crippen LogP contribution in [-0.2, 0) is 6.42 Å². The van der Waals surface area contributed by atoms with Gasteiger partial charge < -0.3 is 11.1 Å². The minimum atomic E-state index is 0.524. The summed E-state index contributed by atoms with van der Waals surface area (Å²) in [7, 11) is 0. The third kappa shape index (κ3) is 2.03. The van der Waals surface area contributed by atoms with Gasteiger partial charge in [-0.2, -0.15) is 0 Å². The first-order chi connectivity index (χ1) is 7.74. The minimum absolute atomic E-state index is 0.524. The quantitative estimate of drug-likeness (QED) is 0.751. The van der Waals surface area contributed by atoms with E-state index in [1.54, 1.807) is 0 Å². The van der Waals surface area contributed by atoms with Gasteiger partial charge in [-0.15, -0.1) is 0 Å². The summed E-state index contributed by atoms with van der Waals surface area (Å²) in [6.45, 7) is 3.19. The molecule has 1 aromatic rings. The summed E-state index contributed by atoms with van der Waals surface area (Å²) in [6.07, 6.45) is 4.14. The number of nitrogen functional groups attached to an aromatic ring is 1. The number of anilines is 2. The molecule has 0 spiro atoms. The fourth-order valence-electron chi connectivity index (χ4n) is 2.15. The van der Waals surface area contributed by atoms with Crippen LogP contribution in [0.1, 0.15) is 24.5 Å². The van der Waals surface area contributed by atoms with Crippen molar-refractivity contribution in [1.29, 1.82) is 0 Å². The third-order valence-electron chi connectivity index (χ3n) is 3.22. The van der Waals surface area contributed by atoms with Crippen LogP contribution in [0.5, 0.6) is 0 Å². The van der Waals surface area contributed by atoms with Gasteiger partial charge in [0.2, 0.25) is 0 Å². The summed E-state index contributed by atoms with van der Waals surface area (Å²) in [6, 6.07) is 3.88. The van der Waals surface area contributed by atoms with Gasteiger partial charge in [-0.05, 0) is 36.1 Å². The Labute approximate surface area is 95.3 Å². The van der Waals surface area contributed by atoms with E-state index < -0.39 is 0 Å². The molecule has 1 heterocycles. The molecule has 2 nitrogen and oxygen atoms in total. The van der Waals surface area contributed by atoms with E-state index in [-0.39, 0.29) is 0 Å². The summed E-state index contributed by atoms with van der Waals surface area (Å²) >= 11 is 0. The Morgan fingerprint density at radius 1 is 1.56 bits per heavy atom. The van der Waals surface area contributed by atoms with E-state index in [4.69, 9.17) is 5.73 Å². The Kier molecular flexibility index (Phi) is 3.13. The highest BCUT2D eigenvalue weighted by Gasteiger charge is 2.17. The van der Waals surface area contributed by atoms with Gasteiger partial charge in [-0.25, -0.2) is 4.39 Å². The second-order valence-corrected chi connectivity index (χ2v) is 4.29. The predicted octanol–water partition coefficient (Wildman–Crippen LogP) is 3.20. The molecule has 0 bridgehead atoms. The van der Waals surface area contributed by atoms with Crippen molar-refractivity contribution >= 4 is 17.5 Å². The maximum atomic E-state index is 12.2. The minimum Gasteiger partial charge on any atom is -0.398 e. The van der Waals surface area contributed by atoms with Gasteiger partial charge in [-0.1, -0.05) is 13.3 Å². The van der Waals surface area contributed by atoms with E-state index in [0.29, 0.717) is 17.9 Å². The average molecular weight is 220 g/mol. The monoisotopic (exact) mass is 220 g/mol. The van der Waals surface area contributed by atoms with Crippen molar-refractivity contribution in [3.8, 4) is 0 Å². The highest BCUT2D eigenvalue weighted by molar-refractivity contribution is 5.72. The van der Waals surface area contributed by atoms with Gasteiger partial charge in [0, 0.05) is 23.5 Å². The molecule has 1 unspecified atom stereocenters. The van der Waals surface area contributed by atoms with Crippen LogP contribution in [-0.4, -0.2) is 6.54 Å². The van der Waals surface area contributed by atoms with Crippen molar-refractivity contribution in [1.82, 2.24) is 0 Å². The fourth-order valence-corrected chi connectivity index (χ4v) is 2.15. The van der Waals surface area contributed by atoms with Crippen LogP contribution < -0.4 is 11.1 Å². The molecule has 1 aliphatic rings. The molecule has 3 N–H and O–H groups in total. The van der Waals surface area contributed by atoms with E-state index in [1.165, 1.54) is 18.1 Å². The predicted molar refractivity (Wildman–Crippen MR) is 67.0 cm³/mol. The molecule has 1 aromatic carbocycles. The number of halogens is 1. The number of rotatable bonds is 2. The van der Waals surface area contributed by atoms with E-state index in [1.807, 2.05) is 12.1 Å². The second-order valence-electron chi connectivity index (χ2n) is 4.29.